The predicted octanol–water partition coefficient (Wildman–Crippen LogP) is 0.544. The molecule has 0 bridgehead atoms. The summed E-state index contributed by atoms with van der Waals surface area (Å²) in [5.41, 5.74) is 12.4. The number of amides is 1. The zero-order valence-corrected chi connectivity index (χ0v) is 14.3. The molecule has 0 spiro atoms. The summed E-state index contributed by atoms with van der Waals surface area (Å²) in [7, 11) is -3.71. The maximum atomic E-state index is 12.2. The number of nitrogens with two attached hydrogens (primary N) is 2. The molecule has 0 fully saturated rings. The van der Waals surface area contributed by atoms with Gasteiger partial charge in [0.25, 0.3) is 10.0 Å². The van der Waals surface area contributed by atoms with Crippen LogP contribution < -0.4 is 21.5 Å². The van der Waals surface area contributed by atoms with Crippen molar-refractivity contribution in [2.24, 2.45) is 16.5 Å². The number of carbonyl (C=O) groups excluding carboxylic acids is 1. The second-order valence-corrected chi connectivity index (χ2v) is 7.28. The average Bonchev–Trinajstić information content (AvgIpc) is 2.99. The number of carbonyl (C=O) groups is 1. The monoisotopic (exact) mass is 368 g/mol. The van der Waals surface area contributed by atoms with Crippen LogP contribution in [-0.2, 0) is 14.8 Å². The summed E-state index contributed by atoms with van der Waals surface area (Å²) in [6.45, 7) is 1.53. The quantitative estimate of drug-likeness (QED) is 0.431. The van der Waals surface area contributed by atoms with Gasteiger partial charge in [-0.3, -0.25) is 14.5 Å². The molecule has 1 heterocycles. The van der Waals surface area contributed by atoms with Gasteiger partial charge in [0.2, 0.25) is 5.91 Å². The van der Waals surface area contributed by atoms with E-state index >= 15 is 0 Å². The van der Waals surface area contributed by atoms with Gasteiger partial charge in [-0.25, -0.2) is 13.4 Å². The highest BCUT2D eigenvalue weighted by Crippen LogP contribution is 2.20. The highest BCUT2D eigenvalue weighted by molar-refractivity contribution is 7.93. The summed E-state index contributed by atoms with van der Waals surface area (Å²) >= 11 is 1.17. The van der Waals surface area contributed by atoms with E-state index in [2.05, 4.69) is 20.0 Å². The number of guanidine groups is 1. The largest absolute Gasteiger partial charge is 0.370 e. The number of thiazole rings is 1. The van der Waals surface area contributed by atoms with E-state index in [0.717, 1.165) is 0 Å². The van der Waals surface area contributed by atoms with Crippen LogP contribution in [0.15, 0.2) is 45.9 Å². The number of nitrogens with zero attached hydrogens (tertiary/aromatic N) is 2. The molecule has 1 atom stereocenters. The minimum absolute atomic E-state index is 0.0613. The predicted molar refractivity (Wildman–Crippen MR) is 93.3 cm³/mol. The molecule has 128 valence electrons. The number of rotatable bonds is 6. The van der Waals surface area contributed by atoms with E-state index in [1.165, 1.54) is 54.2 Å². The van der Waals surface area contributed by atoms with Gasteiger partial charge in [0.05, 0.1) is 16.6 Å². The van der Waals surface area contributed by atoms with E-state index in [9.17, 15) is 13.2 Å². The Morgan fingerprint density at radius 1 is 1.29 bits per heavy atom. The number of hydrogen-bond donors (Lipinski definition) is 4. The van der Waals surface area contributed by atoms with Crippen molar-refractivity contribution in [2.75, 3.05) is 10.0 Å². The van der Waals surface area contributed by atoms with E-state index in [-0.39, 0.29) is 10.9 Å². The Kier molecular flexibility index (Phi) is 5.36. The number of aromatic nitrogens is 1. The van der Waals surface area contributed by atoms with Crippen molar-refractivity contribution in [2.45, 2.75) is 17.9 Å². The van der Waals surface area contributed by atoms with Crippen molar-refractivity contribution in [1.29, 1.82) is 0 Å². The van der Waals surface area contributed by atoms with Crippen LogP contribution in [0.2, 0.25) is 0 Å². The number of benzene rings is 1. The normalized spacial score (nSPS) is 12.2. The summed E-state index contributed by atoms with van der Waals surface area (Å²) in [5.74, 6) is -0.602. The lowest BCUT2D eigenvalue weighted by Crippen LogP contribution is -2.30. The van der Waals surface area contributed by atoms with Gasteiger partial charge >= 0.3 is 0 Å². The van der Waals surface area contributed by atoms with Gasteiger partial charge in [-0.1, -0.05) is 0 Å². The average molecular weight is 368 g/mol. The first-order chi connectivity index (χ1) is 11.3. The molecule has 0 aliphatic carbocycles. The molecule has 11 heteroatoms. The summed E-state index contributed by atoms with van der Waals surface area (Å²) in [6, 6.07) is 4.95. The van der Waals surface area contributed by atoms with Crippen molar-refractivity contribution in [1.82, 2.24) is 4.98 Å². The van der Waals surface area contributed by atoms with Gasteiger partial charge in [0.1, 0.15) is 11.0 Å². The lowest BCUT2D eigenvalue weighted by Gasteiger charge is -2.10. The highest BCUT2D eigenvalue weighted by atomic mass is 32.2. The first-order valence-electron chi connectivity index (χ1n) is 6.69. The van der Waals surface area contributed by atoms with E-state index in [1.807, 2.05) is 0 Å². The Labute approximate surface area is 142 Å². The Bertz CT molecular complexity index is 827. The third kappa shape index (κ3) is 4.67. The molecule has 0 saturated carbocycles. The van der Waals surface area contributed by atoms with Crippen LogP contribution in [0.25, 0.3) is 0 Å². The number of hydrogen-bond acceptors (Lipinski definition) is 6. The van der Waals surface area contributed by atoms with E-state index in [0.29, 0.717) is 10.7 Å². The first kappa shape index (κ1) is 17.7. The summed E-state index contributed by atoms with van der Waals surface area (Å²) < 4.78 is 26.8. The Balaban J connectivity index is 2.07. The number of anilines is 2. The molecule has 0 unspecified atom stereocenters. The second kappa shape index (κ2) is 7.27. The molecule has 1 amide bonds. The Morgan fingerprint density at radius 3 is 2.50 bits per heavy atom. The van der Waals surface area contributed by atoms with Gasteiger partial charge in [-0.15, -0.1) is 11.3 Å². The van der Waals surface area contributed by atoms with Gasteiger partial charge < -0.3 is 16.8 Å². The molecule has 0 saturated heterocycles. The van der Waals surface area contributed by atoms with Crippen LogP contribution in [0.3, 0.4) is 0 Å². The smallest absolute Gasteiger partial charge is 0.262 e. The zero-order chi connectivity index (χ0) is 17.7. The Hall–Kier alpha value is -2.66. The fraction of sp³-hybridized carbons (Fsp3) is 0.154. The zero-order valence-electron chi connectivity index (χ0n) is 12.6. The highest BCUT2D eigenvalue weighted by Gasteiger charge is 2.16. The number of nitrogens with one attached hydrogen (secondary N) is 2. The first-order valence-corrected chi connectivity index (χ1v) is 9.05. The van der Waals surface area contributed by atoms with Crippen molar-refractivity contribution >= 4 is 43.9 Å². The molecule has 24 heavy (non-hydrogen) atoms. The minimum Gasteiger partial charge on any atom is -0.370 e. The van der Waals surface area contributed by atoms with Crippen LogP contribution >= 0.6 is 11.3 Å². The molecule has 9 nitrogen and oxygen atoms in total. The second-order valence-electron chi connectivity index (χ2n) is 4.71. The fourth-order valence-corrected chi connectivity index (χ4v) is 3.51. The van der Waals surface area contributed by atoms with Gasteiger partial charge in [0, 0.05) is 5.69 Å². The number of sulfonamides is 1. The maximum absolute atomic E-state index is 12.2. The van der Waals surface area contributed by atoms with E-state index < -0.39 is 22.0 Å². The van der Waals surface area contributed by atoms with Crippen molar-refractivity contribution in [3.63, 3.8) is 0 Å². The molecule has 0 aliphatic rings. The molecule has 1 aromatic carbocycles. The molecule has 2 rings (SSSR count). The van der Waals surface area contributed by atoms with Crippen molar-refractivity contribution < 1.29 is 13.2 Å². The SMILES string of the molecule is C[C@@H](N=C(N)N)C(=O)Nc1ccc(S(=O)(=O)Nc2cncs2)cc1. The van der Waals surface area contributed by atoms with Gasteiger partial charge in [0.15, 0.2) is 5.96 Å². The van der Waals surface area contributed by atoms with Crippen LogP contribution in [-0.4, -0.2) is 31.3 Å². The van der Waals surface area contributed by atoms with Crippen LogP contribution in [0.5, 0.6) is 0 Å². The van der Waals surface area contributed by atoms with Crippen molar-refractivity contribution in [3.8, 4) is 0 Å². The molecule has 2 aromatic rings. The molecule has 1 aromatic heterocycles. The molecular weight excluding hydrogens is 352 g/mol. The topological polar surface area (TPSA) is 153 Å². The number of aliphatic imine (C=N–C) groups is 1. The van der Waals surface area contributed by atoms with E-state index in [4.69, 9.17) is 11.5 Å². The summed E-state index contributed by atoms with van der Waals surface area (Å²) in [6.07, 6.45) is 1.42. The van der Waals surface area contributed by atoms with Crippen LogP contribution in [0, 0.1) is 0 Å². The molecular formula is C13H16N6O3S2. The van der Waals surface area contributed by atoms with Crippen molar-refractivity contribution in [3.05, 3.63) is 36.0 Å². The summed E-state index contributed by atoms with van der Waals surface area (Å²) in [5, 5.41) is 3.01. The summed E-state index contributed by atoms with van der Waals surface area (Å²) in [4.78, 5) is 19.5. The van der Waals surface area contributed by atoms with Crippen LogP contribution in [0.1, 0.15) is 6.92 Å². The molecule has 0 radical (unpaired) electrons. The minimum atomic E-state index is -3.71. The lowest BCUT2D eigenvalue weighted by atomic mass is 10.3. The van der Waals surface area contributed by atoms with Gasteiger partial charge in [-0.05, 0) is 31.2 Å². The standard InChI is InChI=1S/C13H16N6O3S2/c1-8(17-13(14)15)12(20)18-9-2-4-10(5-3-9)24(21,22)19-11-6-16-7-23-11/h2-8,19H,1H3,(H,18,20)(H4,14,15,17)/t8-/m1/s1. The molecule has 0 aliphatic heterocycles. The third-order valence-electron chi connectivity index (χ3n) is 2.82. The van der Waals surface area contributed by atoms with Crippen LogP contribution in [0.4, 0.5) is 10.7 Å². The lowest BCUT2D eigenvalue weighted by molar-refractivity contribution is -0.117. The maximum Gasteiger partial charge on any atom is 0.262 e. The Morgan fingerprint density at radius 2 is 1.96 bits per heavy atom. The van der Waals surface area contributed by atoms with Gasteiger partial charge in [-0.2, -0.15) is 0 Å². The fourth-order valence-electron chi connectivity index (χ4n) is 1.70. The van der Waals surface area contributed by atoms with E-state index in [1.54, 1.807) is 0 Å². The third-order valence-corrected chi connectivity index (χ3v) is 5.02. The molecule has 6 N–H and O–H groups in total.